The Morgan fingerprint density at radius 3 is 2.41 bits per heavy atom. The third-order valence-corrected chi connectivity index (χ3v) is 2.63. The van der Waals surface area contributed by atoms with Crippen molar-refractivity contribution >= 4 is 5.91 Å². The first kappa shape index (κ1) is 13.4. The predicted octanol–water partition coefficient (Wildman–Crippen LogP) is 0.769. The number of nitrogen functional groups attached to an aromatic ring is 1. The molecule has 0 aliphatic rings. The SMILES string of the molecule is CCn1c(C(C)(C)C)ccc(C(=O)NN)c1=O. The van der Waals surface area contributed by atoms with Crippen LogP contribution < -0.4 is 16.8 Å². The number of aromatic nitrogens is 1. The van der Waals surface area contributed by atoms with Crippen LogP contribution in [0.15, 0.2) is 16.9 Å². The van der Waals surface area contributed by atoms with Crippen LogP contribution in [0.2, 0.25) is 0 Å². The molecule has 1 amide bonds. The topological polar surface area (TPSA) is 77.1 Å². The quantitative estimate of drug-likeness (QED) is 0.453. The van der Waals surface area contributed by atoms with Crippen molar-refractivity contribution < 1.29 is 4.79 Å². The number of amides is 1. The minimum absolute atomic E-state index is 0.0716. The highest BCUT2D eigenvalue weighted by molar-refractivity contribution is 5.93. The lowest BCUT2D eigenvalue weighted by molar-refractivity contribution is 0.0951. The molecule has 3 N–H and O–H groups in total. The van der Waals surface area contributed by atoms with Crippen molar-refractivity contribution in [3.63, 3.8) is 0 Å². The van der Waals surface area contributed by atoms with Crippen LogP contribution in [0.4, 0.5) is 0 Å². The molecule has 0 aromatic carbocycles. The first-order valence-corrected chi connectivity index (χ1v) is 5.58. The average molecular weight is 237 g/mol. The maximum atomic E-state index is 12.1. The van der Waals surface area contributed by atoms with Crippen LogP contribution in [0.5, 0.6) is 0 Å². The summed E-state index contributed by atoms with van der Waals surface area (Å²) in [5, 5.41) is 0. The van der Waals surface area contributed by atoms with E-state index in [-0.39, 0.29) is 16.5 Å². The summed E-state index contributed by atoms with van der Waals surface area (Å²) in [7, 11) is 0. The van der Waals surface area contributed by atoms with Gasteiger partial charge in [-0.15, -0.1) is 0 Å². The summed E-state index contributed by atoms with van der Waals surface area (Å²) in [4.78, 5) is 23.5. The lowest BCUT2D eigenvalue weighted by atomic mass is 9.90. The van der Waals surface area contributed by atoms with Crippen molar-refractivity contribution in [3.8, 4) is 0 Å². The van der Waals surface area contributed by atoms with Crippen molar-refractivity contribution in [2.75, 3.05) is 0 Å². The molecular weight excluding hydrogens is 218 g/mol. The zero-order chi connectivity index (χ0) is 13.2. The summed E-state index contributed by atoms with van der Waals surface area (Å²) >= 11 is 0. The molecule has 0 fully saturated rings. The Morgan fingerprint density at radius 2 is 2.00 bits per heavy atom. The van der Waals surface area contributed by atoms with E-state index in [1.807, 2.05) is 33.1 Å². The van der Waals surface area contributed by atoms with Gasteiger partial charge in [0, 0.05) is 17.7 Å². The molecule has 0 spiro atoms. The van der Waals surface area contributed by atoms with E-state index < -0.39 is 5.91 Å². The van der Waals surface area contributed by atoms with E-state index in [1.165, 1.54) is 6.07 Å². The zero-order valence-corrected chi connectivity index (χ0v) is 10.7. The number of nitrogens with zero attached hydrogens (tertiary/aromatic N) is 1. The lowest BCUT2D eigenvalue weighted by Gasteiger charge is -2.24. The minimum Gasteiger partial charge on any atom is -0.312 e. The molecule has 1 aromatic rings. The molecule has 17 heavy (non-hydrogen) atoms. The Balaban J connectivity index is 3.49. The van der Waals surface area contributed by atoms with Gasteiger partial charge in [-0.3, -0.25) is 15.0 Å². The Bertz CT molecular complexity index is 484. The van der Waals surface area contributed by atoms with Crippen LogP contribution in [0, 0.1) is 0 Å². The van der Waals surface area contributed by atoms with E-state index in [4.69, 9.17) is 5.84 Å². The highest BCUT2D eigenvalue weighted by Crippen LogP contribution is 2.21. The predicted molar refractivity (Wildman–Crippen MR) is 66.7 cm³/mol. The van der Waals surface area contributed by atoms with E-state index in [2.05, 4.69) is 0 Å². The minimum atomic E-state index is -0.558. The van der Waals surface area contributed by atoms with Crippen LogP contribution >= 0.6 is 0 Å². The second-order valence-corrected chi connectivity index (χ2v) is 4.91. The number of pyridine rings is 1. The molecule has 1 heterocycles. The lowest BCUT2D eigenvalue weighted by Crippen LogP contribution is -2.38. The number of hydrogen-bond donors (Lipinski definition) is 2. The molecule has 0 aliphatic heterocycles. The smallest absolute Gasteiger partial charge is 0.270 e. The number of hydrogen-bond acceptors (Lipinski definition) is 3. The van der Waals surface area contributed by atoms with Gasteiger partial charge >= 0.3 is 0 Å². The molecule has 5 heteroatoms. The molecular formula is C12H19N3O2. The second-order valence-electron chi connectivity index (χ2n) is 4.91. The van der Waals surface area contributed by atoms with Crippen LogP contribution in [0.3, 0.4) is 0 Å². The maximum absolute atomic E-state index is 12.1. The number of rotatable bonds is 2. The number of carbonyl (C=O) groups is 1. The molecule has 1 rings (SSSR count). The number of hydrazine groups is 1. The third kappa shape index (κ3) is 2.55. The number of nitrogens with one attached hydrogen (secondary N) is 1. The van der Waals surface area contributed by atoms with Crippen molar-refractivity contribution in [1.82, 2.24) is 9.99 Å². The van der Waals surface area contributed by atoms with Crippen molar-refractivity contribution in [2.24, 2.45) is 5.84 Å². The van der Waals surface area contributed by atoms with Crippen LogP contribution in [0.1, 0.15) is 43.7 Å². The Morgan fingerprint density at radius 1 is 1.41 bits per heavy atom. The molecule has 0 unspecified atom stereocenters. The second kappa shape index (κ2) is 4.71. The van der Waals surface area contributed by atoms with Gasteiger partial charge in [0.05, 0.1) is 0 Å². The fourth-order valence-electron chi connectivity index (χ4n) is 1.80. The zero-order valence-electron chi connectivity index (χ0n) is 10.7. The molecule has 0 bridgehead atoms. The summed E-state index contributed by atoms with van der Waals surface area (Å²) in [5.74, 6) is 4.48. The highest BCUT2D eigenvalue weighted by Gasteiger charge is 2.21. The number of carbonyl (C=O) groups excluding carboxylic acids is 1. The Labute approximate surface area is 101 Å². The standard InChI is InChI=1S/C12H19N3O2/c1-5-15-9(12(2,3)4)7-6-8(11(15)17)10(16)14-13/h6-7H,5,13H2,1-4H3,(H,14,16). The fourth-order valence-corrected chi connectivity index (χ4v) is 1.80. The van der Waals surface area contributed by atoms with Crippen LogP contribution in [0.25, 0.3) is 0 Å². The van der Waals surface area contributed by atoms with E-state index in [1.54, 1.807) is 10.6 Å². The van der Waals surface area contributed by atoms with Crippen LogP contribution in [-0.4, -0.2) is 10.5 Å². The molecule has 1 aromatic heterocycles. The Kier molecular flexibility index (Phi) is 3.72. The fraction of sp³-hybridized carbons (Fsp3) is 0.500. The van der Waals surface area contributed by atoms with Gasteiger partial charge in [-0.1, -0.05) is 20.8 Å². The van der Waals surface area contributed by atoms with E-state index in [0.717, 1.165) is 5.69 Å². The van der Waals surface area contributed by atoms with Crippen molar-refractivity contribution in [3.05, 3.63) is 33.7 Å². The van der Waals surface area contributed by atoms with Gasteiger partial charge in [0.1, 0.15) is 5.56 Å². The summed E-state index contributed by atoms with van der Waals surface area (Å²) in [6.45, 7) is 8.47. The van der Waals surface area contributed by atoms with Gasteiger partial charge in [-0.05, 0) is 19.1 Å². The molecule has 0 saturated heterocycles. The van der Waals surface area contributed by atoms with Gasteiger partial charge in [0.2, 0.25) is 0 Å². The van der Waals surface area contributed by atoms with Gasteiger partial charge in [0.25, 0.3) is 11.5 Å². The van der Waals surface area contributed by atoms with Gasteiger partial charge in [-0.2, -0.15) is 0 Å². The Hall–Kier alpha value is -1.62. The van der Waals surface area contributed by atoms with E-state index in [0.29, 0.717) is 6.54 Å². The summed E-state index contributed by atoms with van der Waals surface area (Å²) < 4.78 is 1.60. The van der Waals surface area contributed by atoms with E-state index in [9.17, 15) is 9.59 Å². The summed E-state index contributed by atoms with van der Waals surface area (Å²) in [6.07, 6.45) is 0. The third-order valence-electron chi connectivity index (χ3n) is 2.63. The molecule has 5 nitrogen and oxygen atoms in total. The molecule has 0 radical (unpaired) electrons. The van der Waals surface area contributed by atoms with Crippen molar-refractivity contribution in [1.29, 1.82) is 0 Å². The largest absolute Gasteiger partial charge is 0.312 e. The normalized spacial score (nSPS) is 11.4. The highest BCUT2D eigenvalue weighted by atomic mass is 16.2. The number of nitrogens with two attached hydrogens (primary N) is 1. The molecule has 0 atom stereocenters. The van der Waals surface area contributed by atoms with Crippen LogP contribution in [-0.2, 0) is 12.0 Å². The maximum Gasteiger partial charge on any atom is 0.270 e. The monoisotopic (exact) mass is 237 g/mol. The van der Waals surface area contributed by atoms with Crippen molar-refractivity contribution in [2.45, 2.75) is 39.7 Å². The summed E-state index contributed by atoms with van der Waals surface area (Å²) in [5.41, 5.74) is 2.50. The average Bonchev–Trinajstić information content (AvgIpc) is 2.26. The van der Waals surface area contributed by atoms with Gasteiger partial charge < -0.3 is 4.57 Å². The van der Waals surface area contributed by atoms with E-state index >= 15 is 0 Å². The molecule has 94 valence electrons. The van der Waals surface area contributed by atoms with Gasteiger partial charge in [-0.25, -0.2) is 5.84 Å². The molecule has 0 saturated carbocycles. The molecule has 0 aliphatic carbocycles. The van der Waals surface area contributed by atoms with Gasteiger partial charge in [0.15, 0.2) is 0 Å². The summed E-state index contributed by atoms with van der Waals surface area (Å²) in [6, 6.07) is 3.33. The first-order chi connectivity index (χ1) is 7.82. The first-order valence-electron chi connectivity index (χ1n) is 5.58.